The molecule has 19 heteroatoms. The first-order valence-electron chi connectivity index (χ1n) is 41.4. The third-order valence-electron chi connectivity index (χ3n) is 20.6. The maximum Gasteiger partial charge on any atom is 0.220 e. The van der Waals surface area contributed by atoms with E-state index < -0.39 is 124 Å². The first kappa shape index (κ1) is 93.0. The SMILES string of the molecule is CCCCCCCCCC/C=C\CCCCCCCCCCCCCCCC(=O)NC(COC1OC(CO)C(OC2OC(CO)C(OC3OC(CO)C(O)C(O)C3O)C(O)C2O)C(O)C1O)C(O)/C=C/CC/C=C/CC/C=C/CCCCCCCCCCCCCCCCCCCCCCC. The standard InChI is InChI=1S/C82H151NO18/c1-3-5-7-9-11-13-15-17-19-21-23-25-27-29-30-31-32-33-34-36-37-39-41-43-45-47-49-51-53-55-57-59-66(87)65(83-70(88)60-58-56-54-52-50-48-46-44-42-40-38-35-28-26-24-22-20-18-16-14-12-10-8-6-4-2)64-96-80-76(94)73(91)78(68(62-85)98-80)101-82-77(95)74(92)79(69(63-86)99-82)100-81-75(93)72(90)71(89)67(61-84)97-81/h22,24,41,43,49,51,57,59,65-69,71-82,84-87,89-95H,3-21,23,25-40,42,44-48,50,52-56,58,60-64H2,1-2H3,(H,83,88)/b24-22-,43-41+,51-49+,59-57+. The van der Waals surface area contributed by atoms with E-state index in [4.69, 9.17) is 28.4 Å². The van der Waals surface area contributed by atoms with E-state index in [0.717, 1.165) is 44.9 Å². The molecule has 0 aromatic heterocycles. The van der Waals surface area contributed by atoms with E-state index in [1.165, 1.54) is 257 Å². The van der Waals surface area contributed by atoms with Crippen LogP contribution in [0.3, 0.4) is 0 Å². The number of carbonyl (C=O) groups is 1. The molecular formula is C82H151NO18. The number of hydrogen-bond acceptors (Lipinski definition) is 18. The van der Waals surface area contributed by atoms with Gasteiger partial charge in [0.1, 0.15) is 73.2 Å². The minimum absolute atomic E-state index is 0.233. The molecule has 3 aliphatic rings. The monoisotopic (exact) mass is 1440 g/mol. The summed E-state index contributed by atoms with van der Waals surface area (Å²) in [4.78, 5) is 13.5. The molecule has 3 saturated heterocycles. The van der Waals surface area contributed by atoms with Gasteiger partial charge in [-0.3, -0.25) is 4.79 Å². The Morgan fingerprint density at radius 2 is 0.634 bits per heavy atom. The van der Waals surface area contributed by atoms with Crippen molar-refractivity contribution in [2.24, 2.45) is 0 Å². The van der Waals surface area contributed by atoms with E-state index in [0.29, 0.717) is 12.8 Å². The summed E-state index contributed by atoms with van der Waals surface area (Å²) in [7, 11) is 0. The van der Waals surface area contributed by atoms with Gasteiger partial charge < -0.3 is 89.9 Å². The Balaban J connectivity index is 1.39. The number of amides is 1. The lowest BCUT2D eigenvalue weighted by atomic mass is 9.96. The van der Waals surface area contributed by atoms with Crippen LogP contribution >= 0.6 is 0 Å². The Hall–Kier alpha value is -2.25. The maximum atomic E-state index is 13.5. The largest absolute Gasteiger partial charge is 0.394 e. The Kier molecular flexibility index (Phi) is 57.8. The fourth-order valence-electron chi connectivity index (χ4n) is 13.9. The molecule has 0 bridgehead atoms. The lowest BCUT2D eigenvalue weighted by molar-refractivity contribution is -0.379. The Labute approximate surface area is 612 Å². The Morgan fingerprint density at radius 3 is 0.990 bits per heavy atom. The highest BCUT2D eigenvalue weighted by atomic mass is 16.8. The van der Waals surface area contributed by atoms with Crippen LogP contribution < -0.4 is 5.32 Å². The Morgan fingerprint density at radius 1 is 0.347 bits per heavy atom. The van der Waals surface area contributed by atoms with Crippen LogP contribution in [0.4, 0.5) is 0 Å². The maximum absolute atomic E-state index is 13.5. The van der Waals surface area contributed by atoms with Gasteiger partial charge in [-0.2, -0.15) is 0 Å². The molecule has 0 saturated carbocycles. The Bertz CT molecular complexity index is 2010. The lowest BCUT2D eigenvalue weighted by Gasteiger charge is -2.48. The molecule has 0 spiro atoms. The van der Waals surface area contributed by atoms with E-state index in [1.54, 1.807) is 6.08 Å². The van der Waals surface area contributed by atoms with Crippen molar-refractivity contribution in [3.8, 4) is 0 Å². The fourth-order valence-corrected chi connectivity index (χ4v) is 13.9. The number of aliphatic hydroxyl groups excluding tert-OH is 11. The van der Waals surface area contributed by atoms with Crippen LogP contribution in [0.1, 0.15) is 335 Å². The van der Waals surface area contributed by atoms with E-state index >= 15 is 0 Å². The van der Waals surface area contributed by atoms with Gasteiger partial charge in [-0.05, 0) is 70.6 Å². The smallest absolute Gasteiger partial charge is 0.220 e. The molecule has 0 aromatic rings. The van der Waals surface area contributed by atoms with Crippen LogP contribution in [-0.4, -0.2) is 193 Å². The lowest BCUT2D eigenvalue weighted by Crippen LogP contribution is -2.66. The van der Waals surface area contributed by atoms with Crippen LogP contribution in [0.15, 0.2) is 48.6 Å². The summed E-state index contributed by atoms with van der Waals surface area (Å²) in [5.41, 5.74) is 0. The minimum atomic E-state index is -1.98. The van der Waals surface area contributed by atoms with Crippen LogP contribution in [0.2, 0.25) is 0 Å². The van der Waals surface area contributed by atoms with Gasteiger partial charge in [0.05, 0.1) is 38.6 Å². The van der Waals surface area contributed by atoms with Crippen LogP contribution in [-0.2, 0) is 33.2 Å². The molecular weight excluding hydrogens is 1290 g/mol. The second kappa shape index (κ2) is 62.8. The average molecular weight is 1440 g/mol. The molecule has 1 amide bonds. The molecule has 592 valence electrons. The summed E-state index contributed by atoms with van der Waals surface area (Å²) in [6.45, 7) is 1.76. The average Bonchev–Trinajstić information content (AvgIpc) is 0.782. The van der Waals surface area contributed by atoms with E-state index in [1.807, 2.05) is 6.08 Å². The number of allylic oxidation sites excluding steroid dienone is 7. The van der Waals surface area contributed by atoms with Crippen molar-refractivity contribution in [3.63, 3.8) is 0 Å². The number of ether oxygens (including phenoxy) is 6. The van der Waals surface area contributed by atoms with Crippen molar-refractivity contribution in [2.45, 2.75) is 439 Å². The number of rotatable bonds is 66. The number of nitrogens with one attached hydrogen (secondary N) is 1. The highest BCUT2D eigenvalue weighted by Gasteiger charge is 2.54. The molecule has 0 aliphatic carbocycles. The second-order valence-corrected chi connectivity index (χ2v) is 29.6. The van der Waals surface area contributed by atoms with E-state index in [2.05, 4.69) is 55.6 Å². The molecule has 17 unspecified atom stereocenters. The van der Waals surface area contributed by atoms with Gasteiger partial charge >= 0.3 is 0 Å². The molecule has 3 aliphatic heterocycles. The predicted molar refractivity (Wildman–Crippen MR) is 402 cm³/mol. The zero-order valence-corrected chi connectivity index (χ0v) is 63.4. The van der Waals surface area contributed by atoms with Gasteiger partial charge in [-0.25, -0.2) is 0 Å². The first-order valence-corrected chi connectivity index (χ1v) is 41.4. The highest BCUT2D eigenvalue weighted by Crippen LogP contribution is 2.33. The van der Waals surface area contributed by atoms with E-state index in [-0.39, 0.29) is 18.9 Å². The molecule has 3 fully saturated rings. The van der Waals surface area contributed by atoms with Gasteiger partial charge in [-0.15, -0.1) is 0 Å². The summed E-state index contributed by atoms with van der Waals surface area (Å²) >= 11 is 0. The van der Waals surface area contributed by atoms with Crippen molar-refractivity contribution in [3.05, 3.63) is 48.6 Å². The number of unbranched alkanes of at least 4 members (excludes halogenated alkanes) is 44. The second-order valence-electron chi connectivity index (χ2n) is 29.6. The van der Waals surface area contributed by atoms with Crippen molar-refractivity contribution in [1.82, 2.24) is 5.32 Å². The molecule has 19 nitrogen and oxygen atoms in total. The molecule has 17 atom stereocenters. The van der Waals surface area contributed by atoms with Gasteiger partial charge in [0.25, 0.3) is 0 Å². The van der Waals surface area contributed by atoms with Gasteiger partial charge in [0.2, 0.25) is 5.91 Å². The predicted octanol–water partition coefficient (Wildman–Crippen LogP) is 14.1. The zero-order valence-electron chi connectivity index (χ0n) is 63.4. The summed E-state index contributed by atoms with van der Waals surface area (Å²) in [6.07, 6.45) is 52.5. The highest BCUT2D eigenvalue weighted by molar-refractivity contribution is 5.76. The summed E-state index contributed by atoms with van der Waals surface area (Å²) in [5, 5.41) is 121. The fraction of sp³-hybridized carbons (Fsp3) is 0.890. The van der Waals surface area contributed by atoms with Crippen molar-refractivity contribution in [2.75, 3.05) is 26.4 Å². The van der Waals surface area contributed by atoms with E-state index in [9.17, 15) is 61.0 Å². The number of aliphatic hydroxyl groups is 11. The molecule has 12 N–H and O–H groups in total. The third kappa shape index (κ3) is 42.8. The first-order chi connectivity index (χ1) is 49.3. The van der Waals surface area contributed by atoms with Gasteiger partial charge in [-0.1, -0.05) is 306 Å². The number of hydrogen-bond donors (Lipinski definition) is 12. The normalized spacial score (nSPS) is 26.5. The van der Waals surface area contributed by atoms with Gasteiger partial charge in [0.15, 0.2) is 18.9 Å². The third-order valence-corrected chi connectivity index (χ3v) is 20.6. The molecule has 3 rings (SSSR count). The summed E-state index contributed by atoms with van der Waals surface area (Å²) in [6, 6.07) is -0.999. The quantitative estimate of drug-likeness (QED) is 0.0199. The van der Waals surface area contributed by atoms with Crippen molar-refractivity contribution >= 4 is 5.91 Å². The van der Waals surface area contributed by atoms with Gasteiger partial charge in [0, 0.05) is 6.42 Å². The topological polar surface area (TPSA) is 307 Å². The summed E-state index contributed by atoms with van der Waals surface area (Å²) in [5.74, 6) is -0.286. The molecule has 0 aromatic carbocycles. The van der Waals surface area contributed by atoms with Crippen molar-refractivity contribution in [1.29, 1.82) is 0 Å². The van der Waals surface area contributed by atoms with Crippen LogP contribution in [0.25, 0.3) is 0 Å². The summed E-state index contributed by atoms with van der Waals surface area (Å²) < 4.78 is 34.4. The zero-order chi connectivity index (χ0) is 73.2. The van der Waals surface area contributed by atoms with Crippen LogP contribution in [0, 0.1) is 0 Å². The number of carbonyl (C=O) groups excluding carboxylic acids is 1. The molecule has 3 heterocycles. The van der Waals surface area contributed by atoms with Crippen LogP contribution in [0.5, 0.6) is 0 Å². The van der Waals surface area contributed by atoms with Crippen molar-refractivity contribution < 1.29 is 89.4 Å². The molecule has 0 radical (unpaired) electrons. The molecule has 101 heavy (non-hydrogen) atoms. The minimum Gasteiger partial charge on any atom is -0.394 e.